The van der Waals surface area contributed by atoms with E-state index in [1.165, 1.54) is 32.1 Å². The van der Waals surface area contributed by atoms with E-state index < -0.39 is 10.8 Å². The maximum absolute atomic E-state index is 10.7. The van der Waals surface area contributed by atoms with Crippen LogP contribution < -0.4 is 0 Å². The average molecular weight is 174 g/mol. The first kappa shape index (κ1) is 9.24. The molecule has 1 nitrogen and oxygen atoms in total. The zero-order valence-corrected chi connectivity index (χ0v) is 8.16. The highest BCUT2D eigenvalue weighted by molar-refractivity contribution is 7.86. The summed E-state index contributed by atoms with van der Waals surface area (Å²) < 4.78 is 10.7. The van der Waals surface area contributed by atoms with Crippen LogP contribution in [0.5, 0.6) is 0 Å². The van der Waals surface area contributed by atoms with E-state index in [0.29, 0.717) is 0 Å². The zero-order valence-electron chi connectivity index (χ0n) is 7.34. The average Bonchev–Trinajstić information content (AvgIpc) is 1.94. The van der Waals surface area contributed by atoms with Crippen molar-refractivity contribution in [1.82, 2.24) is 0 Å². The van der Waals surface area contributed by atoms with E-state index >= 15 is 0 Å². The van der Waals surface area contributed by atoms with Crippen molar-refractivity contribution < 1.29 is 4.21 Å². The lowest BCUT2D eigenvalue weighted by Gasteiger charge is -2.24. The molecular formula is C9H18OS. The fourth-order valence-corrected chi connectivity index (χ4v) is 2.79. The van der Waals surface area contributed by atoms with Gasteiger partial charge in [0.2, 0.25) is 0 Å². The maximum atomic E-state index is 10.7. The Balaban J connectivity index is 1.85. The Kier molecular flexibility index (Phi) is 4.13. The molecule has 0 aromatic rings. The molecule has 0 aliphatic carbocycles. The topological polar surface area (TPSA) is 17.1 Å². The first-order valence-electron chi connectivity index (χ1n) is 4.68. The summed E-state index contributed by atoms with van der Waals surface area (Å²) in [6.07, 6.45) is 6.74. The van der Waals surface area contributed by atoms with E-state index in [1.807, 2.05) is 0 Å². The molecule has 1 fully saturated rings. The summed E-state index contributed by atoms with van der Waals surface area (Å²) in [6, 6.07) is 0. The SMILES string of the molecule is CCCCCCC1CS(=O)C1. The molecule has 2 heteroatoms. The smallest absolute Gasteiger partial charge is 0.0272 e. The van der Waals surface area contributed by atoms with Crippen molar-refractivity contribution in [1.29, 1.82) is 0 Å². The molecular weight excluding hydrogens is 156 g/mol. The van der Waals surface area contributed by atoms with Crippen molar-refractivity contribution in [3.63, 3.8) is 0 Å². The predicted molar refractivity (Wildman–Crippen MR) is 50.1 cm³/mol. The number of hydrogen-bond acceptors (Lipinski definition) is 1. The second-order valence-corrected chi connectivity index (χ2v) is 5.03. The van der Waals surface area contributed by atoms with Crippen LogP contribution in [0.4, 0.5) is 0 Å². The third-order valence-corrected chi connectivity index (χ3v) is 4.00. The summed E-state index contributed by atoms with van der Waals surface area (Å²) in [5.74, 6) is 2.80. The Morgan fingerprint density at radius 3 is 2.55 bits per heavy atom. The van der Waals surface area contributed by atoms with Crippen molar-refractivity contribution in [2.45, 2.75) is 39.0 Å². The first-order chi connectivity index (χ1) is 5.33. The summed E-state index contributed by atoms with van der Waals surface area (Å²) in [6.45, 7) is 2.23. The highest BCUT2D eigenvalue weighted by Crippen LogP contribution is 2.20. The molecule has 0 atom stereocenters. The van der Waals surface area contributed by atoms with Crippen molar-refractivity contribution >= 4 is 10.8 Å². The van der Waals surface area contributed by atoms with Crippen LogP contribution in [0.25, 0.3) is 0 Å². The van der Waals surface area contributed by atoms with Crippen molar-refractivity contribution in [3.8, 4) is 0 Å². The normalized spacial score (nSPS) is 29.9. The standard InChI is InChI=1S/C9H18OS/c1-2-3-4-5-6-9-7-11(10)8-9/h9H,2-8H2,1H3. The van der Waals surface area contributed by atoms with Gasteiger partial charge in [-0.1, -0.05) is 32.6 Å². The van der Waals surface area contributed by atoms with E-state index in [2.05, 4.69) is 6.92 Å². The van der Waals surface area contributed by atoms with Gasteiger partial charge in [-0.15, -0.1) is 0 Å². The van der Waals surface area contributed by atoms with Gasteiger partial charge in [0.1, 0.15) is 0 Å². The summed E-state index contributed by atoms with van der Waals surface area (Å²) >= 11 is 0. The van der Waals surface area contributed by atoms with Gasteiger partial charge in [-0.05, 0) is 12.3 Å². The summed E-state index contributed by atoms with van der Waals surface area (Å²) in [7, 11) is -0.429. The van der Waals surface area contributed by atoms with Crippen LogP contribution in [0.3, 0.4) is 0 Å². The van der Waals surface area contributed by atoms with Crippen LogP contribution in [-0.4, -0.2) is 15.7 Å². The summed E-state index contributed by atoms with van der Waals surface area (Å²) in [5.41, 5.74) is 0. The van der Waals surface area contributed by atoms with Crippen molar-refractivity contribution in [2.24, 2.45) is 5.92 Å². The predicted octanol–water partition coefficient (Wildman–Crippen LogP) is 2.34. The third kappa shape index (κ3) is 3.37. The molecule has 0 radical (unpaired) electrons. The highest BCUT2D eigenvalue weighted by atomic mass is 32.2. The maximum Gasteiger partial charge on any atom is 0.0272 e. The van der Waals surface area contributed by atoms with E-state index in [-0.39, 0.29) is 0 Å². The summed E-state index contributed by atoms with van der Waals surface area (Å²) in [5, 5.41) is 0. The molecule has 1 aliphatic rings. The van der Waals surface area contributed by atoms with Crippen LogP contribution >= 0.6 is 0 Å². The largest absolute Gasteiger partial charge is 0.260 e. The molecule has 1 rings (SSSR count). The minimum absolute atomic E-state index is 0.429. The number of rotatable bonds is 5. The quantitative estimate of drug-likeness (QED) is 0.585. The van der Waals surface area contributed by atoms with Gasteiger partial charge in [0.05, 0.1) is 0 Å². The fraction of sp³-hybridized carbons (Fsp3) is 1.00. The van der Waals surface area contributed by atoms with Crippen LogP contribution in [0, 0.1) is 5.92 Å². The van der Waals surface area contributed by atoms with Gasteiger partial charge in [0, 0.05) is 22.3 Å². The number of hydrogen-bond donors (Lipinski definition) is 0. The van der Waals surface area contributed by atoms with Gasteiger partial charge in [0.15, 0.2) is 0 Å². The lowest BCUT2D eigenvalue weighted by Crippen LogP contribution is -2.30. The van der Waals surface area contributed by atoms with Gasteiger partial charge >= 0.3 is 0 Å². The van der Waals surface area contributed by atoms with Crippen molar-refractivity contribution in [3.05, 3.63) is 0 Å². The van der Waals surface area contributed by atoms with E-state index in [9.17, 15) is 4.21 Å². The minimum Gasteiger partial charge on any atom is -0.260 e. The monoisotopic (exact) mass is 174 g/mol. The van der Waals surface area contributed by atoms with Crippen LogP contribution in [-0.2, 0) is 10.8 Å². The lowest BCUT2D eigenvalue weighted by atomic mass is 10.0. The van der Waals surface area contributed by atoms with Gasteiger partial charge in [-0.25, -0.2) is 0 Å². The van der Waals surface area contributed by atoms with Crippen molar-refractivity contribution in [2.75, 3.05) is 11.5 Å². The zero-order chi connectivity index (χ0) is 8.10. The fourth-order valence-electron chi connectivity index (χ4n) is 1.50. The highest BCUT2D eigenvalue weighted by Gasteiger charge is 2.23. The molecule has 0 amide bonds. The molecule has 1 saturated heterocycles. The molecule has 0 spiro atoms. The second kappa shape index (κ2) is 4.91. The summed E-state index contributed by atoms with van der Waals surface area (Å²) in [4.78, 5) is 0. The Morgan fingerprint density at radius 1 is 1.27 bits per heavy atom. The second-order valence-electron chi connectivity index (χ2n) is 3.49. The first-order valence-corrected chi connectivity index (χ1v) is 6.16. The number of unbranched alkanes of at least 4 members (excludes halogenated alkanes) is 3. The Hall–Kier alpha value is 0.150. The molecule has 0 aromatic carbocycles. The molecule has 11 heavy (non-hydrogen) atoms. The van der Waals surface area contributed by atoms with Gasteiger partial charge < -0.3 is 0 Å². The van der Waals surface area contributed by atoms with Crippen LogP contribution in [0.2, 0.25) is 0 Å². The van der Waals surface area contributed by atoms with E-state index in [0.717, 1.165) is 17.4 Å². The molecule has 0 N–H and O–H groups in total. The van der Waals surface area contributed by atoms with Gasteiger partial charge in [-0.2, -0.15) is 0 Å². The lowest BCUT2D eigenvalue weighted by molar-refractivity contribution is 0.502. The Labute approximate surface area is 72.0 Å². The molecule has 1 aliphatic heterocycles. The van der Waals surface area contributed by atoms with Gasteiger partial charge in [-0.3, -0.25) is 4.21 Å². The Bertz CT molecular complexity index is 126. The molecule has 0 saturated carbocycles. The molecule has 1 heterocycles. The molecule has 0 bridgehead atoms. The van der Waals surface area contributed by atoms with Crippen LogP contribution in [0.15, 0.2) is 0 Å². The molecule has 0 unspecified atom stereocenters. The molecule has 66 valence electrons. The van der Waals surface area contributed by atoms with E-state index in [4.69, 9.17) is 0 Å². The molecule has 0 aromatic heterocycles. The van der Waals surface area contributed by atoms with Gasteiger partial charge in [0.25, 0.3) is 0 Å². The Morgan fingerprint density at radius 2 is 2.00 bits per heavy atom. The minimum atomic E-state index is -0.429. The third-order valence-electron chi connectivity index (χ3n) is 2.31. The van der Waals surface area contributed by atoms with E-state index in [1.54, 1.807) is 0 Å². The van der Waals surface area contributed by atoms with Crippen LogP contribution in [0.1, 0.15) is 39.0 Å².